The molecule has 2 aromatic carbocycles. The highest BCUT2D eigenvalue weighted by Crippen LogP contribution is 2.18. The van der Waals surface area contributed by atoms with Crippen LogP contribution in [0.3, 0.4) is 0 Å². The minimum absolute atomic E-state index is 0.0336. The van der Waals surface area contributed by atoms with Crippen LogP contribution in [0.4, 0.5) is 8.78 Å². The third-order valence-electron chi connectivity index (χ3n) is 3.89. The van der Waals surface area contributed by atoms with Gasteiger partial charge in [-0.05, 0) is 25.1 Å². The molecule has 3 rings (SSSR count). The summed E-state index contributed by atoms with van der Waals surface area (Å²) in [5.41, 5.74) is 2.30. The largest absolute Gasteiger partial charge is 0.434 e. The molecule has 0 aliphatic rings. The molecule has 1 heterocycles. The number of aryl methyl sites for hydroxylation is 1. The molecule has 0 unspecified atom stereocenters. The van der Waals surface area contributed by atoms with Crippen LogP contribution in [0.15, 0.2) is 58.4 Å². The average Bonchev–Trinajstić information content (AvgIpc) is 2.69. The Hall–Kier alpha value is -3.62. The molecule has 7 nitrogen and oxygen atoms in total. The first-order chi connectivity index (χ1) is 13.5. The Morgan fingerprint density at radius 3 is 2.61 bits per heavy atom. The number of ether oxygens (including phenoxy) is 1. The van der Waals surface area contributed by atoms with Crippen molar-refractivity contribution in [3.8, 4) is 5.75 Å². The minimum atomic E-state index is -2.98. The first-order valence-corrected chi connectivity index (χ1v) is 8.38. The molecule has 9 heteroatoms. The van der Waals surface area contributed by atoms with E-state index in [-0.39, 0.29) is 22.6 Å². The molecule has 1 aromatic heterocycles. The van der Waals surface area contributed by atoms with Crippen molar-refractivity contribution < 1.29 is 18.3 Å². The van der Waals surface area contributed by atoms with Crippen molar-refractivity contribution in [1.82, 2.24) is 15.2 Å². The molecule has 0 bridgehead atoms. The fourth-order valence-electron chi connectivity index (χ4n) is 2.62. The van der Waals surface area contributed by atoms with E-state index in [4.69, 9.17) is 0 Å². The van der Waals surface area contributed by atoms with E-state index in [9.17, 15) is 18.4 Å². The summed E-state index contributed by atoms with van der Waals surface area (Å²) in [6, 6.07) is 12.7. The molecule has 0 atom stereocenters. The van der Waals surface area contributed by atoms with Crippen LogP contribution in [0.2, 0.25) is 0 Å². The zero-order valence-electron chi connectivity index (χ0n) is 14.8. The van der Waals surface area contributed by atoms with E-state index in [1.807, 2.05) is 0 Å². The van der Waals surface area contributed by atoms with Crippen molar-refractivity contribution in [2.45, 2.75) is 20.1 Å². The van der Waals surface area contributed by atoms with Crippen LogP contribution in [-0.2, 0) is 6.54 Å². The van der Waals surface area contributed by atoms with Gasteiger partial charge in [-0.2, -0.15) is 19.0 Å². The molecular formula is C19H16F2N4O3. The molecule has 1 N–H and O–H groups in total. The van der Waals surface area contributed by atoms with E-state index in [0.717, 1.165) is 0 Å². The lowest BCUT2D eigenvalue weighted by Gasteiger charge is -2.09. The number of hydrazone groups is 1. The van der Waals surface area contributed by atoms with Crippen LogP contribution in [-0.4, -0.2) is 28.5 Å². The Kier molecular flexibility index (Phi) is 5.73. The van der Waals surface area contributed by atoms with Crippen molar-refractivity contribution in [3.63, 3.8) is 0 Å². The molecule has 0 saturated carbocycles. The summed E-state index contributed by atoms with van der Waals surface area (Å²) in [5.74, 6) is -0.708. The molecule has 28 heavy (non-hydrogen) atoms. The minimum Gasteiger partial charge on any atom is -0.434 e. The zero-order valence-corrected chi connectivity index (χ0v) is 14.8. The van der Waals surface area contributed by atoms with Gasteiger partial charge in [0, 0.05) is 17.5 Å². The topological polar surface area (TPSA) is 85.6 Å². The van der Waals surface area contributed by atoms with Crippen LogP contribution in [0.25, 0.3) is 10.8 Å². The lowest BCUT2D eigenvalue weighted by Crippen LogP contribution is -2.28. The number of hydrogen-bond acceptors (Lipinski definition) is 5. The number of hydrogen-bond donors (Lipinski definition) is 1. The summed E-state index contributed by atoms with van der Waals surface area (Å²) < 4.78 is 30.5. The first-order valence-electron chi connectivity index (χ1n) is 8.38. The highest BCUT2D eigenvalue weighted by molar-refractivity contribution is 6.05. The summed E-state index contributed by atoms with van der Waals surface area (Å²) >= 11 is 0. The van der Waals surface area contributed by atoms with Crippen LogP contribution >= 0.6 is 0 Å². The average molecular weight is 386 g/mol. The lowest BCUT2D eigenvalue weighted by molar-refractivity contribution is -0.0499. The maximum Gasteiger partial charge on any atom is 0.387 e. The number of benzene rings is 2. The molecule has 0 aliphatic carbocycles. The molecule has 0 fully saturated rings. The predicted molar refractivity (Wildman–Crippen MR) is 99.8 cm³/mol. The lowest BCUT2D eigenvalue weighted by atomic mass is 10.1. The Bertz CT molecular complexity index is 1100. The Balaban J connectivity index is 1.88. The summed E-state index contributed by atoms with van der Waals surface area (Å²) in [7, 11) is 0. The van der Waals surface area contributed by atoms with Crippen LogP contribution in [0.5, 0.6) is 5.75 Å². The van der Waals surface area contributed by atoms with Crippen LogP contribution in [0.1, 0.15) is 23.0 Å². The SMILES string of the molecule is CCn1nc(C(=O)N/N=C\c2ccccc2OC(F)F)c2ccccc2c1=O. The van der Waals surface area contributed by atoms with Crippen molar-refractivity contribution >= 4 is 22.9 Å². The maximum absolute atomic E-state index is 12.5. The summed E-state index contributed by atoms with van der Waals surface area (Å²) in [6.07, 6.45) is 1.19. The predicted octanol–water partition coefficient (Wildman–Crippen LogP) is 2.78. The Labute approximate surface area is 158 Å². The molecule has 1 amide bonds. The fraction of sp³-hybridized carbons (Fsp3) is 0.158. The Morgan fingerprint density at radius 1 is 1.21 bits per heavy atom. The third-order valence-corrected chi connectivity index (χ3v) is 3.89. The molecule has 3 aromatic rings. The number of rotatable bonds is 6. The molecule has 0 saturated heterocycles. The summed E-state index contributed by atoms with van der Waals surface area (Å²) in [4.78, 5) is 24.9. The van der Waals surface area contributed by atoms with Crippen molar-refractivity contribution in [2.75, 3.05) is 0 Å². The second-order valence-corrected chi connectivity index (χ2v) is 5.63. The van der Waals surface area contributed by atoms with Crippen molar-refractivity contribution in [2.24, 2.45) is 5.10 Å². The second kappa shape index (κ2) is 8.38. The van der Waals surface area contributed by atoms with Gasteiger partial charge in [-0.3, -0.25) is 9.59 Å². The monoisotopic (exact) mass is 386 g/mol. The third kappa shape index (κ3) is 4.03. The molecule has 0 aliphatic heterocycles. The summed E-state index contributed by atoms with van der Waals surface area (Å²) in [6.45, 7) is -0.941. The van der Waals surface area contributed by atoms with Gasteiger partial charge in [0.25, 0.3) is 11.5 Å². The first kappa shape index (κ1) is 19.2. The molecule has 0 radical (unpaired) electrons. The quantitative estimate of drug-likeness (QED) is 0.521. The zero-order chi connectivity index (χ0) is 20.1. The van der Waals surface area contributed by atoms with E-state index >= 15 is 0 Å². The van der Waals surface area contributed by atoms with Crippen molar-refractivity contribution in [1.29, 1.82) is 0 Å². The number of halogens is 2. The number of nitrogens with one attached hydrogen (secondary N) is 1. The number of nitrogens with zero attached hydrogens (tertiary/aromatic N) is 3. The van der Waals surface area contributed by atoms with E-state index < -0.39 is 12.5 Å². The molecule has 144 valence electrons. The number of aromatic nitrogens is 2. The normalized spacial score (nSPS) is 11.3. The highest BCUT2D eigenvalue weighted by Gasteiger charge is 2.15. The van der Waals surface area contributed by atoms with Gasteiger partial charge in [0.1, 0.15) is 5.75 Å². The standard InChI is InChI=1S/C19H16F2N4O3/c1-2-25-18(27)14-9-5-4-8-13(14)16(24-25)17(26)23-22-11-12-7-3-6-10-15(12)28-19(20)21/h3-11,19H,2H2,1H3,(H,23,26)/b22-11-. The van der Waals surface area contributed by atoms with Crippen molar-refractivity contribution in [3.05, 3.63) is 70.1 Å². The van der Waals surface area contributed by atoms with Gasteiger partial charge in [-0.15, -0.1) is 0 Å². The van der Waals surface area contributed by atoms with Gasteiger partial charge >= 0.3 is 6.61 Å². The maximum atomic E-state index is 12.5. The second-order valence-electron chi connectivity index (χ2n) is 5.63. The van der Waals surface area contributed by atoms with E-state index in [1.165, 1.54) is 29.1 Å². The van der Waals surface area contributed by atoms with Crippen LogP contribution < -0.4 is 15.7 Å². The molecular weight excluding hydrogens is 370 g/mol. The number of fused-ring (bicyclic) bond motifs is 1. The summed E-state index contributed by atoms with van der Waals surface area (Å²) in [5, 5.41) is 8.65. The van der Waals surface area contributed by atoms with Gasteiger partial charge in [0.05, 0.1) is 11.6 Å². The van der Waals surface area contributed by atoms with E-state index in [0.29, 0.717) is 17.3 Å². The van der Waals surface area contributed by atoms with Gasteiger partial charge in [0.2, 0.25) is 0 Å². The number of alkyl halides is 2. The molecule has 0 spiro atoms. The number of carbonyl (C=O) groups excluding carboxylic acids is 1. The van der Waals surface area contributed by atoms with Gasteiger partial charge in [-0.1, -0.05) is 30.3 Å². The fourth-order valence-corrected chi connectivity index (χ4v) is 2.62. The number of para-hydroxylation sites is 1. The van der Waals surface area contributed by atoms with Gasteiger partial charge in [0.15, 0.2) is 5.69 Å². The van der Waals surface area contributed by atoms with Crippen LogP contribution in [0, 0.1) is 0 Å². The highest BCUT2D eigenvalue weighted by atomic mass is 19.3. The van der Waals surface area contributed by atoms with E-state index in [2.05, 4.69) is 20.4 Å². The van der Waals surface area contributed by atoms with Gasteiger partial charge in [-0.25, -0.2) is 10.1 Å². The number of amides is 1. The van der Waals surface area contributed by atoms with Gasteiger partial charge < -0.3 is 4.74 Å². The number of carbonyl (C=O) groups is 1. The van der Waals surface area contributed by atoms with E-state index in [1.54, 1.807) is 37.3 Å². The Morgan fingerprint density at radius 2 is 1.89 bits per heavy atom. The smallest absolute Gasteiger partial charge is 0.387 e.